The van der Waals surface area contributed by atoms with Crippen LogP contribution in [0, 0.1) is 5.92 Å². The fourth-order valence-electron chi connectivity index (χ4n) is 1.60. The largest absolute Gasteiger partial charge is 0.466 e. The second kappa shape index (κ2) is 10.0. The molecule has 1 aromatic rings. The first-order chi connectivity index (χ1) is 11.4. The van der Waals surface area contributed by atoms with Gasteiger partial charge in [-0.15, -0.1) is 0 Å². The van der Waals surface area contributed by atoms with Crippen LogP contribution < -0.4 is 10.1 Å². The summed E-state index contributed by atoms with van der Waals surface area (Å²) < 4.78 is 14.5. The number of hydrogen-bond acceptors (Lipinski definition) is 6. The molecule has 0 bridgehead atoms. The fraction of sp³-hybridized carbons (Fsp3) is 0.353. The van der Waals surface area contributed by atoms with E-state index in [-0.39, 0.29) is 12.5 Å². The minimum absolute atomic E-state index is 0.00529. The standard InChI is InChI=1S/C17H21NO6/c1-12(2)14(11-23-16(20)10-9-15(19)22-3)18-17(21)24-13-7-5-4-6-8-13/h4-10,12,14H,11H2,1-3H3,(H,18,21)/b10-9+/t14-/m0/s1. The molecule has 0 aliphatic carbocycles. The van der Waals surface area contributed by atoms with E-state index < -0.39 is 24.1 Å². The summed E-state index contributed by atoms with van der Waals surface area (Å²) in [6.07, 6.45) is 1.29. The second-order valence-corrected chi connectivity index (χ2v) is 5.18. The quantitative estimate of drug-likeness (QED) is 0.606. The first-order valence-corrected chi connectivity index (χ1v) is 7.38. The van der Waals surface area contributed by atoms with Crippen LogP contribution in [0.4, 0.5) is 4.79 Å². The number of hydrogen-bond donors (Lipinski definition) is 1. The molecule has 24 heavy (non-hydrogen) atoms. The number of amides is 1. The van der Waals surface area contributed by atoms with Crippen molar-refractivity contribution < 1.29 is 28.6 Å². The lowest BCUT2D eigenvalue weighted by Crippen LogP contribution is -2.43. The van der Waals surface area contributed by atoms with Gasteiger partial charge in [-0.05, 0) is 18.1 Å². The van der Waals surface area contributed by atoms with Crippen LogP contribution in [0.2, 0.25) is 0 Å². The lowest BCUT2D eigenvalue weighted by molar-refractivity contribution is -0.140. The predicted molar refractivity (Wildman–Crippen MR) is 86.3 cm³/mol. The molecular formula is C17H21NO6. The van der Waals surface area contributed by atoms with Gasteiger partial charge >= 0.3 is 18.0 Å². The van der Waals surface area contributed by atoms with E-state index in [1.807, 2.05) is 19.9 Å². The van der Waals surface area contributed by atoms with Gasteiger partial charge in [-0.1, -0.05) is 32.0 Å². The van der Waals surface area contributed by atoms with Crippen molar-refractivity contribution in [2.24, 2.45) is 5.92 Å². The zero-order valence-electron chi connectivity index (χ0n) is 13.9. The zero-order valence-corrected chi connectivity index (χ0v) is 13.9. The number of carbonyl (C=O) groups is 3. The Bertz CT molecular complexity index is 582. The zero-order chi connectivity index (χ0) is 17.9. The average Bonchev–Trinajstić information content (AvgIpc) is 2.56. The van der Waals surface area contributed by atoms with Gasteiger partial charge in [0.2, 0.25) is 0 Å². The van der Waals surface area contributed by atoms with Gasteiger partial charge < -0.3 is 19.5 Å². The summed E-state index contributed by atoms with van der Waals surface area (Å²) in [5.74, 6) is -0.942. The molecule has 0 aliphatic heterocycles. The van der Waals surface area contributed by atoms with Crippen molar-refractivity contribution in [3.63, 3.8) is 0 Å². The van der Waals surface area contributed by atoms with E-state index in [0.717, 1.165) is 12.2 Å². The molecule has 1 N–H and O–H groups in total. The van der Waals surface area contributed by atoms with Crippen LogP contribution in [0.25, 0.3) is 0 Å². The minimum Gasteiger partial charge on any atom is -0.466 e. The maximum atomic E-state index is 11.9. The normalized spacial score (nSPS) is 11.8. The van der Waals surface area contributed by atoms with Crippen LogP contribution in [0.5, 0.6) is 5.75 Å². The lowest BCUT2D eigenvalue weighted by Gasteiger charge is -2.21. The number of esters is 2. The van der Waals surface area contributed by atoms with Crippen molar-refractivity contribution in [2.45, 2.75) is 19.9 Å². The van der Waals surface area contributed by atoms with Gasteiger partial charge in [0.25, 0.3) is 0 Å². The van der Waals surface area contributed by atoms with Crippen molar-refractivity contribution in [2.75, 3.05) is 13.7 Å². The van der Waals surface area contributed by atoms with Gasteiger partial charge in [0, 0.05) is 12.2 Å². The fourth-order valence-corrected chi connectivity index (χ4v) is 1.60. The van der Waals surface area contributed by atoms with E-state index in [9.17, 15) is 14.4 Å². The number of para-hydroxylation sites is 1. The maximum absolute atomic E-state index is 11.9. The Balaban J connectivity index is 2.49. The van der Waals surface area contributed by atoms with Crippen LogP contribution in [0.3, 0.4) is 0 Å². The van der Waals surface area contributed by atoms with Crippen molar-refractivity contribution in [1.82, 2.24) is 5.32 Å². The summed E-state index contributed by atoms with van der Waals surface area (Å²) in [7, 11) is 1.20. The Labute approximate surface area is 140 Å². The van der Waals surface area contributed by atoms with Crippen molar-refractivity contribution >= 4 is 18.0 Å². The third-order valence-electron chi connectivity index (χ3n) is 3.02. The average molecular weight is 335 g/mol. The number of methoxy groups -OCH3 is 1. The number of rotatable bonds is 7. The monoisotopic (exact) mass is 335 g/mol. The molecule has 0 heterocycles. The molecule has 0 aromatic heterocycles. The Kier molecular flexibility index (Phi) is 8.04. The van der Waals surface area contributed by atoms with Crippen LogP contribution in [-0.2, 0) is 19.1 Å². The highest BCUT2D eigenvalue weighted by atomic mass is 16.6. The molecule has 1 aromatic carbocycles. The lowest BCUT2D eigenvalue weighted by atomic mass is 10.1. The second-order valence-electron chi connectivity index (χ2n) is 5.18. The summed E-state index contributed by atoms with van der Waals surface area (Å²) >= 11 is 0. The predicted octanol–water partition coefficient (Wildman–Crippen LogP) is 2.07. The molecule has 0 saturated carbocycles. The summed E-state index contributed by atoms with van der Waals surface area (Å²) in [5, 5.41) is 2.64. The Hall–Kier alpha value is -2.83. The Morgan fingerprint density at radius 3 is 2.29 bits per heavy atom. The number of nitrogens with one attached hydrogen (secondary N) is 1. The van der Waals surface area contributed by atoms with E-state index in [2.05, 4.69) is 10.1 Å². The van der Waals surface area contributed by atoms with Crippen molar-refractivity contribution in [3.05, 3.63) is 42.5 Å². The highest BCUT2D eigenvalue weighted by Gasteiger charge is 2.19. The van der Waals surface area contributed by atoms with E-state index in [1.54, 1.807) is 24.3 Å². The SMILES string of the molecule is COC(=O)/C=C/C(=O)OC[C@H](NC(=O)Oc1ccccc1)C(C)C. The third-order valence-corrected chi connectivity index (χ3v) is 3.02. The summed E-state index contributed by atoms with van der Waals surface area (Å²) in [6, 6.07) is 8.18. The van der Waals surface area contributed by atoms with E-state index >= 15 is 0 Å². The summed E-state index contributed by atoms with van der Waals surface area (Å²) in [6.45, 7) is 3.68. The molecule has 0 fully saturated rings. The van der Waals surface area contributed by atoms with Crippen LogP contribution in [0.1, 0.15) is 13.8 Å². The Morgan fingerprint density at radius 1 is 1.08 bits per heavy atom. The highest BCUT2D eigenvalue weighted by Crippen LogP contribution is 2.09. The molecule has 1 amide bonds. The first-order valence-electron chi connectivity index (χ1n) is 7.38. The summed E-state index contributed by atoms with van der Waals surface area (Å²) in [4.78, 5) is 34.3. The smallest absolute Gasteiger partial charge is 0.412 e. The molecule has 0 unspecified atom stereocenters. The van der Waals surface area contributed by atoms with Gasteiger partial charge in [0.1, 0.15) is 12.4 Å². The van der Waals surface area contributed by atoms with E-state index in [0.29, 0.717) is 5.75 Å². The van der Waals surface area contributed by atoms with Crippen LogP contribution in [-0.4, -0.2) is 37.8 Å². The van der Waals surface area contributed by atoms with Gasteiger partial charge in [-0.3, -0.25) is 0 Å². The maximum Gasteiger partial charge on any atom is 0.412 e. The number of benzene rings is 1. The Morgan fingerprint density at radius 2 is 1.71 bits per heavy atom. The van der Waals surface area contributed by atoms with Gasteiger partial charge in [-0.2, -0.15) is 0 Å². The molecule has 1 rings (SSSR count). The molecule has 1 atom stereocenters. The van der Waals surface area contributed by atoms with Crippen molar-refractivity contribution in [3.8, 4) is 5.75 Å². The molecule has 130 valence electrons. The summed E-state index contributed by atoms with van der Waals surface area (Å²) in [5.41, 5.74) is 0. The first kappa shape index (κ1) is 19.2. The molecular weight excluding hydrogens is 314 g/mol. The van der Waals surface area contributed by atoms with E-state index in [1.165, 1.54) is 7.11 Å². The van der Waals surface area contributed by atoms with Gasteiger partial charge in [0.05, 0.1) is 13.2 Å². The molecule has 0 spiro atoms. The van der Waals surface area contributed by atoms with Gasteiger partial charge in [0.15, 0.2) is 0 Å². The molecule has 7 heteroatoms. The number of carbonyl (C=O) groups excluding carboxylic acids is 3. The van der Waals surface area contributed by atoms with Crippen LogP contribution in [0.15, 0.2) is 42.5 Å². The molecule has 0 radical (unpaired) electrons. The number of ether oxygens (including phenoxy) is 3. The van der Waals surface area contributed by atoms with Crippen molar-refractivity contribution in [1.29, 1.82) is 0 Å². The highest BCUT2D eigenvalue weighted by molar-refractivity contribution is 5.91. The van der Waals surface area contributed by atoms with E-state index in [4.69, 9.17) is 9.47 Å². The molecule has 7 nitrogen and oxygen atoms in total. The van der Waals surface area contributed by atoms with Crippen LogP contribution >= 0.6 is 0 Å². The minimum atomic E-state index is -0.704. The molecule has 0 saturated heterocycles. The topological polar surface area (TPSA) is 90.9 Å². The third kappa shape index (κ3) is 7.44. The molecule has 0 aliphatic rings. The van der Waals surface area contributed by atoms with Gasteiger partial charge in [-0.25, -0.2) is 14.4 Å².